The third-order valence-corrected chi connectivity index (χ3v) is 5.85. The highest BCUT2D eigenvalue weighted by molar-refractivity contribution is 6.03. The molecule has 1 heterocycles. The van der Waals surface area contributed by atoms with Crippen LogP contribution in [0.1, 0.15) is 44.9 Å². The van der Waals surface area contributed by atoms with Gasteiger partial charge in [-0.05, 0) is 42.3 Å². The smallest absolute Gasteiger partial charge is 0.232 e. The van der Waals surface area contributed by atoms with Crippen LogP contribution in [0.15, 0.2) is 48.5 Å². The molecule has 2 aromatic carbocycles. The van der Waals surface area contributed by atoms with E-state index in [9.17, 15) is 14.7 Å². The number of ketones is 1. The van der Waals surface area contributed by atoms with Crippen molar-refractivity contribution in [1.29, 1.82) is 0 Å². The number of ether oxygens (including phenoxy) is 2. The summed E-state index contributed by atoms with van der Waals surface area (Å²) >= 11 is 0. The highest BCUT2D eigenvalue weighted by atomic mass is 16.5. The lowest BCUT2D eigenvalue weighted by Crippen LogP contribution is -2.69. The maximum atomic E-state index is 13.3. The van der Waals surface area contributed by atoms with Gasteiger partial charge in [0.1, 0.15) is 17.5 Å². The minimum Gasteiger partial charge on any atom is -0.497 e. The van der Waals surface area contributed by atoms with Crippen LogP contribution in [0.25, 0.3) is 0 Å². The second-order valence-electron chi connectivity index (χ2n) is 9.02. The Morgan fingerprint density at radius 1 is 0.935 bits per heavy atom. The first-order valence-electron chi connectivity index (χ1n) is 10.4. The van der Waals surface area contributed by atoms with Gasteiger partial charge in [0.2, 0.25) is 5.91 Å². The molecule has 166 valence electrons. The van der Waals surface area contributed by atoms with Gasteiger partial charge >= 0.3 is 0 Å². The van der Waals surface area contributed by atoms with E-state index in [1.165, 1.54) is 0 Å². The van der Waals surface area contributed by atoms with Gasteiger partial charge in [0.25, 0.3) is 0 Å². The van der Waals surface area contributed by atoms with Crippen molar-refractivity contribution >= 4 is 11.7 Å². The van der Waals surface area contributed by atoms with Crippen molar-refractivity contribution in [3.63, 3.8) is 0 Å². The van der Waals surface area contributed by atoms with Gasteiger partial charge in [-0.25, -0.2) is 0 Å². The number of Topliss-reactive ketones (excluding diaryl/α,β-unsaturated/α-hetero) is 1. The SMILES string of the molecule is COc1ccc(C(c2ccc(OC)cc2)N2C(=O)[C@H](C(C)O)[C@H]2C(=O)C(C)(C)C)cc1. The van der Waals surface area contributed by atoms with Gasteiger partial charge in [-0.15, -0.1) is 0 Å². The average Bonchev–Trinajstić information content (AvgIpc) is 2.74. The van der Waals surface area contributed by atoms with Gasteiger partial charge in [0.15, 0.2) is 5.78 Å². The lowest BCUT2D eigenvalue weighted by molar-refractivity contribution is -0.175. The number of rotatable bonds is 7. The molecule has 1 unspecified atom stereocenters. The first-order chi connectivity index (χ1) is 14.6. The fourth-order valence-corrected chi connectivity index (χ4v) is 4.11. The van der Waals surface area contributed by atoms with E-state index in [2.05, 4.69) is 0 Å². The van der Waals surface area contributed by atoms with E-state index in [4.69, 9.17) is 9.47 Å². The number of amides is 1. The van der Waals surface area contributed by atoms with Gasteiger partial charge in [-0.3, -0.25) is 9.59 Å². The number of hydrogen-bond donors (Lipinski definition) is 1. The third-order valence-electron chi connectivity index (χ3n) is 5.85. The second-order valence-corrected chi connectivity index (χ2v) is 9.02. The molecule has 1 aliphatic rings. The van der Waals surface area contributed by atoms with Crippen molar-refractivity contribution in [2.45, 2.75) is 45.9 Å². The predicted molar refractivity (Wildman–Crippen MR) is 118 cm³/mol. The van der Waals surface area contributed by atoms with Crippen molar-refractivity contribution in [3.05, 3.63) is 59.7 Å². The molecule has 1 N–H and O–H groups in total. The van der Waals surface area contributed by atoms with Crippen LogP contribution in [-0.2, 0) is 9.59 Å². The van der Waals surface area contributed by atoms with E-state index >= 15 is 0 Å². The number of hydrogen-bond acceptors (Lipinski definition) is 5. The molecule has 3 rings (SSSR count). The first-order valence-corrected chi connectivity index (χ1v) is 10.4. The molecule has 3 atom stereocenters. The Labute approximate surface area is 183 Å². The number of benzene rings is 2. The summed E-state index contributed by atoms with van der Waals surface area (Å²) in [5.41, 5.74) is 1.06. The van der Waals surface area contributed by atoms with E-state index in [0.717, 1.165) is 11.1 Å². The molecule has 6 heteroatoms. The van der Waals surface area contributed by atoms with E-state index in [1.54, 1.807) is 26.0 Å². The molecule has 0 aromatic heterocycles. The molecule has 0 bridgehead atoms. The summed E-state index contributed by atoms with van der Waals surface area (Å²) < 4.78 is 10.6. The number of aliphatic hydroxyl groups is 1. The summed E-state index contributed by atoms with van der Waals surface area (Å²) in [5.74, 6) is 0.373. The fraction of sp³-hybridized carbons (Fsp3) is 0.440. The summed E-state index contributed by atoms with van der Waals surface area (Å²) in [6, 6.07) is 13.8. The van der Waals surface area contributed by atoms with Crippen molar-refractivity contribution in [3.8, 4) is 11.5 Å². The summed E-state index contributed by atoms with van der Waals surface area (Å²) in [4.78, 5) is 28.2. The van der Waals surface area contributed by atoms with Crippen molar-refractivity contribution in [2.75, 3.05) is 14.2 Å². The number of carbonyl (C=O) groups is 2. The molecule has 6 nitrogen and oxygen atoms in total. The molecule has 1 aliphatic heterocycles. The zero-order valence-corrected chi connectivity index (χ0v) is 19.0. The summed E-state index contributed by atoms with van der Waals surface area (Å²) in [7, 11) is 3.19. The maximum absolute atomic E-state index is 13.3. The van der Waals surface area contributed by atoms with Crippen molar-refractivity contribution in [2.24, 2.45) is 11.3 Å². The molecule has 1 saturated heterocycles. The second kappa shape index (κ2) is 8.71. The lowest BCUT2D eigenvalue weighted by atomic mass is 9.71. The summed E-state index contributed by atoms with van der Waals surface area (Å²) in [6.07, 6.45) is -0.910. The van der Waals surface area contributed by atoms with Crippen LogP contribution in [0, 0.1) is 11.3 Å². The zero-order valence-electron chi connectivity index (χ0n) is 19.0. The number of nitrogens with zero attached hydrogens (tertiary/aromatic N) is 1. The normalized spacial score (nSPS) is 19.7. The van der Waals surface area contributed by atoms with Crippen LogP contribution in [-0.4, -0.2) is 48.1 Å². The first kappa shape index (κ1) is 22.8. The molecular formula is C25H31NO5. The van der Waals surface area contributed by atoms with Gasteiger partial charge < -0.3 is 19.5 Å². The Balaban J connectivity index is 2.11. The zero-order chi connectivity index (χ0) is 22.9. The molecule has 31 heavy (non-hydrogen) atoms. The molecule has 2 aromatic rings. The Bertz CT molecular complexity index is 880. The van der Waals surface area contributed by atoms with Crippen LogP contribution in [0.2, 0.25) is 0 Å². The lowest BCUT2D eigenvalue weighted by Gasteiger charge is -2.52. The maximum Gasteiger partial charge on any atom is 0.232 e. The van der Waals surface area contributed by atoms with Gasteiger partial charge in [0.05, 0.1) is 32.3 Å². The molecular weight excluding hydrogens is 394 g/mol. The van der Waals surface area contributed by atoms with Gasteiger partial charge in [-0.2, -0.15) is 0 Å². The number of β-lactam (4-membered cyclic amide) rings is 1. The monoisotopic (exact) mass is 425 g/mol. The average molecular weight is 426 g/mol. The Hall–Kier alpha value is -2.86. The van der Waals surface area contributed by atoms with E-state index < -0.39 is 29.5 Å². The van der Waals surface area contributed by atoms with Gasteiger partial charge in [-0.1, -0.05) is 45.0 Å². The minimum atomic E-state index is -0.910. The summed E-state index contributed by atoms with van der Waals surface area (Å²) in [6.45, 7) is 7.08. The molecule has 0 spiro atoms. The molecule has 1 fully saturated rings. The topological polar surface area (TPSA) is 76.1 Å². The summed E-state index contributed by atoms with van der Waals surface area (Å²) in [5, 5.41) is 10.3. The van der Waals surface area contributed by atoms with E-state index in [0.29, 0.717) is 11.5 Å². The highest BCUT2D eigenvalue weighted by Gasteiger charge is 2.57. The van der Waals surface area contributed by atoms with Crippen LogP contribution in [0.5, 0.6) is 11.5 Å². The number of likely N-dealkylation sites (tertiary alicyclic amines) is 1. The molecule has 0 radical (unpaired) electrons. The van der Waals surface area contributed by atoms with Crippen LogP contribution >= 0.6 is 0 Å². The largest absolute Gasteiger partial charge is 0.497 e. The number of carbonyl (C=O) groups excluding carboxylic acids is 2. The van der Waals surface area contributed by atoms with Gasteiger partial charge in [0, 0.05) is 5.41 Å². The van der Waals surface area contributed by atoms with E-state index in [1.807, 2.05) is 69.3 Å². The molecule has 0 aliphatic carbocycles. The standard InChI is InChI=1S/C25H31NO5/c1-15(27)20-22(23(28)25(2,3)4)26(24(20)29)21(16-7-11-18(30-5)12-8-16)17-9-13-19(31-6)14-10-17/h7-15,20-22,27H,1-6H3/t15?,20-,22+/m1/s1. The van der Waals surface area contributed by atoms with Crippen molar-refractivity contribution in [1.82, 2.24) is 4.90 Å². The Morgan fingerprint density at radius 3 is 1.68 bits per heavy atom. The minimum absolute atomic E-state index is 0.0648. The quantitative estimate of drug-likeness (QED) is 0.686. The number of methoxy groups -OCH3 is 2. The fourth-order valence-electron chi connectivity index (χ4n) is 4.11. The Kier molecular flexibility index (Phi) is 6.41. The predicted octanol–water partition coefficient (Wildman–Crippen LogP) is 3.62. The Morgan fingerprint density at radius 2 is 1.35 bits per heavy atom. The molecule has 0 saturated carbocycles. The van der Waals surface area contributed by atoms with Crippen LogP contribution in [0.4, 0.5) is 0 Å². The molecule has 1 amide bonds. The number of aliphatic hydroxyl groups excluding tert-OH is 1. The van der Waals surface area contributed by atoms with Crippen molar-refractivity contribution < 1.29 is 24.2 Å². The van der Waals surface area contributed by atoms with E-state index in [-0.39, 0.29) is 11.7 Å². The van der Waals surface area contributed by atoms with Crippen LogP contribution < -0.4 is 9.47 Å². The van der Waals surface area contributed by atoms with Crippen LogP contribution in [0.3, 0.4) is 0 Å². The third kappa shape index (κ3) is 4.30. The highest BCUT2D eigenvalue weighted by Crippen LogP contribution is 2.44.